The molecule has 5 fully saturated rings. The van der Waals surface area contributed by atoms with Gasteiger partial charge in [0, 0.05) is 66.9 Å². The van der Waals surface area contributed by atoms with Crippen molar-refractivity contribution in [2.45, 2.75) is 163 Å². The number of thiazole rings is 1. The van der Waals surface area contributed by atoms with Crippen LogP contribution in [0.25, 0.3) is 0 Å². The number of aromatic nitrogens is 1. The Kier molecular flexibility index (Phi) is 11.5. The number of hydrogen-bond donors (Lipinski definition) is 1. The van der Waals surface area contributed by atoms with Crippen LogP contribution >= 0.6 is 11.3 Å². The Labute approximate surface area is 337 Å². The molecule has 3 aliphatic carbocycles. The van der Waals surface area contributed by atoms with Gasteiger partial charge in [0.05, 0.1) is 16.7 Å². The summed E-state index contributed by atoms with van der Waals surface area (Å²) in [5, 5.41) is 0.976. The summed E-state index contributed by atoms with van der Waals surface area (Å²) in [7, 11) is 0. The number of ether oxygens (including phenoxy) is 1. The van der Waals surface area contributed by atoms with Gasteiger partial charge in [-0.25, -0.2) is 9.78 Å². The first-order valence-electron chi connectivity index (χ1n) is 21.1. The maximum atomic E-state index is 15.0. The van der Waals surface area contributed by atoms with Gasteiger partial charge in [-0.1, -0.05) is 60.3 Å². The van der Waals surface area contributed by atoms with Gasteiger partial charge in [0.25, 0.3) is 5.91 Å². The van der Waals surface area contributed by atoms with Crippen LogP contribution in [0.5, 0.6) is 0 Å². The number of amides is 3. The van der Waals surface area contributed by atoms with Gasteiger partial charge in [0.1, 0.15) is 11.4 Å². The average Bonchev–Trinajstić information content (AvgIpc) is 3.38. The number of nitrogens with zero attached hydrogens (tertiary/aromatic N) is 3. The quantitative estimate of drug-likeness (QED) is 0.203. The van der Waals surface area contributed by atoms with E-state index in [1.54, 1.807) is 21.1 Å². The molecule has 1 aromatic rings. The minimum absolute atomic E-state index is 0.0341. The number of piperidine rings is 1. The van der Waals surface area contributed by atoms with Gasteiger partial charge in [-0.15, -0.1) is 11.3 Å². The molecule has 3 amide bonds. The zero-order valence-electron chi connectivity index (χ0n) is 35.4. The summed E-state index contributed by atoms with van der Waals surface area (Å²) in [5.41, 5.74) is 4.94. The lowest BCUT2D eigenvalue weighted by atomic mass is 9.73. The van der Waals surface area contributed by atoms with E-state index in [0.29, 0.717) is 38.4 Å². The van der Waals surface area contributed by atoms with Crippen LogP contribution in [0.3, 0.4) is 0 Å². The van der Waals surface area contributed by atoms with Crippen LogP contribution < -0.4 is 5.73 Å². The molecular weight excluding hydrogens is 729 g/mol. The van der Waals surface area contributed by atoms with Crippen molar-refractivity contribution >= 4 is 46.6 Å². The van der Waals surface area contributed by atoms with Gasteiger partial charge >= 0.3 is 6.09 Å². The third-order valence-electron chi connectivity index (χ3n) is 14.9. The SMILES string of the molecule is Cc1sc(C2CCN(C(=O)OC(C)(C)C)CC2)nc1CC(=O)C[C@H](C(=O)N1C[C@]2(C[C@H]1C(=O)CC(CC1CCC1)C(=O)C(N)=O)C(C)(C)C21CCC1)C(C)(C)C. The van der Waals surface area contributed by atoms with Gasteiger partial charge in [-0.05, 0) is 88.4 Å². The zero-order valence-corrected chi connectivity index (χ0v) is 36.2. The van der Waals surface area contributed by atoms with Gasteiger partial charge in [-0.3, -0.25) is 24.0 Å². The van der Waals surface area contributed by atoms with E-state index < -0.39 is 40.6 Å². The maximum absolute atomic E-state index is 15.0. The first-order chi connectivity index (χ1) is 26.0. The summed E-state index contributed by atoms with van der Waals surface area (Å²) in [6, 6.07) is -0.712. The van der Waals surface area contributed by atoms with E-state index >= 15 is 0 Å². The van der Waals surface area contributed by atoms with Crippen molar-refractivity contribution < 1.29 is 33.5 Å². The van der Waals surface area contributed by atoms with Crippen LogP contribution in [0.4, 0.5) is 4.79 Å². The molecule has 3 saturated carbocycles. The van der Waals surface area contributed by atoms with Crippen LogP contribution in [0.1, 0.15) is 154 Å². The number of rotatable bonds is 13. The molecule has 0 aromatic carbocycles. The number of primary amides is 1. The lowest BCUT2D eigenvalue weighted by molar-refractivity contribution is -0.146. The van der Waals surface area contributed by atoms with E-state index in [1.807, 2.05) is 48.5 Å². The molecule has 2 spiro atoms. The van der Waals surface area contributed by atoms with Crippen LogP contribution in [-0.4, -0.2) is 81.3 Å². The molecule has 4 atom stereocenters. The van der Waals surface area contributed by atoms with Gasteiger partial charge < -0.3 is 20.3 Å². The minimum Gasteiger partial charge on any atom is -0.444 e. The van der Waals surface area contributed by atoms with Crippen LogP contribution in [0.15, 0.2) is 0 Å². The Bertz CT molecular complexity index is 1740. The molecule has 5 aliphatic rings. The van der Waals surface area contributed by atoms with Crippen molar-refractivity contribution in [2.24, 2.45) is 45.1 Å². The predicted octanol–water partition coefficient (Wildman–Crippen LogP) is 7.35. The highest BCUT2D eigenvalue weighted by atomic mass is 32.1. The Morgan fingerprint density at radius 2 is 1.57 bits per heavy atom. The smallest absolute Gasteiger partial charge is 0.410 e. The maximum Gasteiger partial charge on any atom is 0.410 e. The standard InChI is InChI=1S/C44H66N4O7S/c1-26-32(46-37(56-26)28-14-18-47(19-15-28)39(54)55-41(5,6)7)23-30(49)22-31(40(2,3)4)38(53)48-25-44(42(8,9)43(44)16-11-17-43)24-33(48)34(50)21-29(35(51)36(45)52)20-27-12-10-13-27/h27-29,31,33H,10-25H2,1-9H3,(H2,45,52)/t29?,31-,33+,44-/m1/s1. The number of Topliss-reactive ketones (excluding diaryl/α,β-unsaturated/α-hetero) is 3. The molecule has 1 unspecified atom stereocenters. The molecule has 12 heteroatoms. The molecular formula is C44H66N4O7S. The molecule has 11 nitrogen and oxygen atoms in total. The number of likely N-dealkylation sites (tertiary alicyclic amines) is 2. The fourth-order valence-electron chi connectivity index (χ4n) is 11.0. The largest absolute Gasteiger partial charge is 0.444 e. The highest BCUT2D eigenvalue weighted by Gasteiger charge is 2.85. The zero-order chi connectivity index (χ0) is 41.2. The van der Waals surface area contributed by atoms with E-state index in [0.717, 1.165) is 66.9 Å². The van der Waals surface area contributed by atoms with Crippen molar-refractivity contribution in [3.63, 3.8) is 0 Å². The monoisotopic (exact) mass is 794 g/mol. The van der Waals surface area contributed by atoms with E-state index in [1.165, 1.54) is 0 Å². The number of carbonyl (C=O) groups excluding carboxylic acids is 6. The highest BCUT2D eigenvalue weighted by Crippen LogP contribution is 2.88. The number of hydrogen-bond acceptors (Lipinski definition) is 9. The molecule has 0 bridgehead atoms. The molecule has 0 radical (unpaired) electrons. The third kappa shape index (κ3) is 7.85. The summed E-state index contributed by atoms with van der Waals surface area (Å²) in [6.07, 6.45) is 8.64. The third-order valence-corrected chi connectivity index (χ3v) is 16.1. The van der Waals surface area contributed by atoms with Gasteiger partial charge in [0.15, 0.2) is 5.78 Å². The Morgan fingerprint density at radius 1 is 0.929 bits per heavy atom. The molecule has 310 valence electrons. The molecule has 56 heavy (non-hydrogen) atoms. The fraction of sp³-hybridized carbons (Fsp3) is 0.795. The van der Waals surface area contributed by atoms with Crippen LogP contribution in [-0.2, 0) is 35.1 Å². The second-order valence-electron chi connectivity index (χ2n) is 20.6. The minimum atomic E-state index is -1.01. The number of ketones is 3. The first kappa shape index (κ1) is 42.5. The van der Waals surface area contributed by atoms with E-state index in [-0.39, 0.29) is 65.0 Å². The van der Waals surface area contributed by atoms with Crippen molar-refractivity contribution in [3.05, 3.63) is 15.6 Å². The summed E-state index contributed by atoms with van der Waals surface area (Å²) < 4.78 is 5.56. The van der Waals surface area contributed by atoms with Crippen molar-refractivity contribution in [1.29, 1.82) is 0 Å². The number of nitrogens with two attached hydrogens (primary N) is 1. The Hall–Kier alpha value is -3.15. The molecule has 2 saturated heterocycles. The van der Waals surface area contributed by atoms with Crippen LogP contribution in [0.2, 0.25) is 0 Å². The van der Waals surface area contributed by atoms with E-state index in [9.17, 15) is 28.8 Å². The molecule has 1 aromatic heterocycles. The number of carbonyl (C=O) groups is 6. The number of fused-ring (bicyclic) bond motifs is 1. The van der Waals surface area contributed by atoms with Gasteiger partial charge in [0.2, 0.25) is 11.7 Å². The second-order valence-corrected chi connectivity index (χ2v) is 21.8. The van der Waals surface area contributed by atoms with E-state index in [4.69, 9.17) is 15.5 Å². The highest BCUT2D eigenvalue weighted by molar-refractivity contribution is 7.11. The molecule has 6 rings (SSSR count). The molecule has 2 N–H and O–H groups in total. The van der Waals surface area contributed by atoms with Gasteiger partial charge in [-0.2, -0.15) is 0 Å². The van der Waals surface area contributed by atoms with Crippen molar-refractivity contribution in [1.82, 2.24) is 14.8 Å². The van der Waals surface area contributed by atoms with E-state index in [2.05, 4.69) is 13.8 Å². The lowest BCUT2D eigenvalue weighted by Crippen LogP contribution is -2.48. The summed E-state index contributed by atoms with van der Waals surface area (Å²) in [6.45, 7) is 19.7. The first-order valence-corrected chi connectivity index (χ1v) is 21.9. The normalized spacial score (nSPS) is 25.7. The average molecular weight is 795 g/mol. The predicted molar refractivity (Wildman–Crippen MR) is 215 cm³/mol. The Balaban J connectivity index is 1.17. The summed E-state index contributed by atoms with van der Waals surface area (Å²) in [5.74, 6) is -3.05. The number of aryl methyl sites for hydroxylation is 1. The van der Waals surface area contributed by atoms with Crippen LogP contribution in [0, 0.1) is 46.3 Å². The second kappa shape index (κ2) is 15.2. The van der Waals surface area contributed by atoms with Crippen molar-refractivity contribution in [3.8, 4) is 0 Å². The summed E-state index contributed by atoms with van der Waals surface area (Å²) in [4.78, 5) is 90.6. The fourth-order valence-corrected chi connectivity index (χ4v) is 12.1. The Morgan fingerprint density at radius 3 is 2.07 bits per heavy atom. The molecule has 2 aliphatic heterocycles. The lowest BCUT2D eigenvalue weighted by Gasteiger charge is -2.35. The molecule has 3 heterocycles. The topological polar surface area (TPSA) is 157 Å². The van der Waals surface area contributed by atoms with Crippen molar-refractivity contribution in [2.75, 3.05) is 19.6 Å². The summed E-state index contributed by atoms with van der Waals surface area (Å²) >= 11 is 1.60.